The maximum Gasteiger partial charge on any atom is 0.242 e. The Bertz CT molecular complexity index is 500. The predicted octanol–water partition coefficient (Wildman–Crippen LogP) is 0.751. The average Bonchev–Trinajstić information content (AvgIpc) is 2.20. The molecule has 0 amide bonds. The van der Waals surface area contributed by atoms with E-state index < -0.39 is 0 Å². The third-order valence-corrected chi connectivity index (χ3v) is 2.02. The number of nitrogens with two attached hydrogens (primary N) is 2. The van der Waals surface area contributed by atoms with Crippen LogP contribution in [0.25, 0.3) is 11.4 Å². The van der Waals surface area contributed by atoms with Gasteiger partial charge in [0.15, 0.2) is 11.5 Å². The van der Waals surface area contributed by atoms with Crippen molar-refractivity contribution in [3.05, 3.63) is 23.4 Å². The second-order valence-corrected chi connectivity index (χ2v) is 3.14. The molecule has 0 aromatic carbocycles. The molecule has 0 fully saturated rings. The smallest absolute Gasteiger partial charge is 0.242 e. The van der Waals surface area contributed by atoms with Crippen molar-refractivity contribution in [2.45, 2.75) is 0 Å². The summed E-state index contributed by atoms with van der Waals surface area (Å²) in [4.78, 5) is 7.82. The summed E-state index contributed by atoms with van der Waals surface area (Å²) in [5.41, 5.74) is 11.7. The first-order chi connectivity index (χ1) is 7.18. The summed E-state index contributed by atoms with van der Waals surface area (Å²) in [7, 11) is 0. The molecule has 7 heteroatoms. The number of nitrogens with zero attached hydrogens (tertiary/aromatic N) is 4. The van der Waals surface area contributed by atoms with Crippen molar-refractivity contribution in [1.82, 2.24) is 20.2 Å². The van der Waals surface area contributed by atoms with Crippen molar-refractivity contribution >= 4 is 23.4 Å². The molecule has 6 nitrogen and oxygen atoms in total. The molecule has 0 atom stereocenters. The van der Waals surface area contributed by atoms with Gasteiger partial charge in [-0.25, -0.2) is 0 Å². The summed E-state index contributed by atoms with van der Waals surface area (Å²) in [6, 6.07) is 3.39. The molecule has 2 heterocycles. The Labute approximate surface area is 90.3 Å². The Balaban J connectivity index is 2.60. The SMILES string of the molecule is Nc1nnc(-c2ncccc2Cl)c(N)n1. The van der Waals surface area contributed by atoms with Crippen molar-refractivity contribution in [1.29, 1.82) is 0 Å². The van der Waals surface area contributed by atoms with Crippen LogP contribution >= 0.6 is 11.6 Å². The number of rotatable bonds is 1. The van der Waals surface area contributed by atoms with Crippen molar-refractivity contribution in [2.75, 3.05) is 11.5 Å². The van der Waals surface area contributed by atoms with Crippen LogP contribution in [-0.4, -0.2) is 20.2 Å². The molecule has 0 aliphatic rings. The minimum absolute atomic E-state index is 0.0169. The largest absolute Gasteiger partial charge is 0.382 e. The van der Waals surface area contributed by atoms with Gasteiger partial charge in [-0.1, -0.05) is 11.6 Å². The zero-order valence-electron chi connectivity index (χ0n) is 7.55. The lowest BCUT2D eigenvalue weighted by atomic mass is 10.2. The van der Waals surface area contributed by atoms with Gasteiger partial charge < -0.3 is 11.5 Å². The number of pyridine rings is 1. The topological polar surface area (TPSA) is 104 Å². The summed E-state index contributed by atoms with van der Waals surface area (Å²) in [6.07, 6.45) is 1.58. The molecule has 0 unspecified atom stereocenters. The Morgan fingerprint density at radius 1 is 1.13 bits per heavy atom. The molecule has 2 aromatic heterocycles. The standard InChI is InChI=1S/C8H7ClN6/c9-4-2-1-3-12-5(4)6-7(10)13-8(11)15-14-6/h1-3H,(H4,10,11,13,15). The second-order valence-electron chi connectivity index (χ2n) is 2.74. The fraction of sp³-hybridized carbons (Fsp3) is 0. The monoisotopic (exact) mass is 222 g/mol. The molecular weight excluding hydrogens is 216 g/mol. The number of aromatic nitrogens is 4. The molecule has 0 spiro atoms. The third kappa shape index (κ3) is 1.79. The molecule has 0 bridgehead atoms. The van der Waals surface area contributed by atoms with Crippen molar-refractivity contribution < 1.29 is 0 Å². The van der Waals surface area contributed by atoms with E-state index in [1.54, 1.807) is 18.3 Å². The van der Waals surface area contributed by atoms with Crippen molar-refractivity contribution in [2.24, 2.45) is 0 Å². The van der Waals surface area contributed by atoms with E-state index in [1.807, 2.05) is 0 Å². The average molecular weight is 223 g/mol. The van der Waals surface area contributed by atoms with E-state index >= 15 is 0 Å². The third-order valence-electron chi connectivity index (χ3n) is 1.71. The summed E-state index contributed by atoms with van der Waals surface area (Å²) in [5, 5.41) is 7.83. The summed E-state index contributed by atoms with van der Waals surface area (Å²) in [6.45, 7) is 0. The molecule has 0 saturated carbocycles. The maximum absolute atomic E-state index is 5.93. The highest BCUT2D eigenvalue weighted by Gasteiger charge is 2.11. The molecular formula is C8H7ClN6. The van der Waals surface area contributed by atoms with Crippen LogP contribution < -0.4 is 11.5 Å². The van der Waals surface area contributed by atoms with E-state index in [1.165, 1.54) is 0 Å². The van der Waals surface area contributed by atoms with E-state index in [0.29, 0.717) is 16.4 Å². The number of hydrogen-bond acceptors (Lipinski definition) is 6. The quantitative estimate of drug-likeness (QED) is 0.738. The number of halogens is 1. The Morgan fingerprint density at radius 2 is 1.93 bits per heavy atom. The van der Waals surface area contributed by atoms with Crippen LogP contribution in [0.1, 0.15) is 0 Å². The van der Waals surface area contributed by atoms with Gasteiger partial charge in [-0.2, -0.15) is 4.98 Å². The molecule has 0 aliphatic carbocycles. The van der Waals surface area contributed by atoms with Gasteiger partial charge in [-0.3, -0.25) is 4.98 Å². The second kappa shape index (κ2) is 3.66. The summed E-state index contributed by atoms with van der Waals surface area (Å²) in [5.74, 6) is 0.173. The lowest BCUT2D eigenvalue weighted by Crippen LogP contribution is -2.05. The summed E-state index contributed by atoms with van der Waals surface area (Å²) >= 11 is 5.93. The van der Waals surface area contributed by atoms with Crippen molar-refractivity contribution in [3.8, 4) is 11.4 Å². The molecule has 2 rings (SSSR count). The minimum Gasteiger partial charge on any atom is -0.382 e. The number of nitrogen functional groups attached to an aromatic ring is 2. The van der Waals surface area contributed by atoms with Crippen molar-refractivity contribution in [3.63, 3.8) is 0 Å². The molecule has 0 radical (unpaired) electrons. The lowest BCUT2D eigenvalue weighted by Gasteiger charge is -2.03. The molecule has 0 aliphatic heterocycles. The van der Waals surface area contributed by atoms with Crippen LogP contribution in [0.4, 0.5) is 11.8 Å². The van der Waals surface area contributed by atoms with Crippen LogP contribution in [-0.2, 0) is 0 Å². The zero-order chi connectivity index (χ0) is 10.8. The van der Waals surface area contributed by atoms with Gasteiger partial charge in [-0.15, -0.1) is 10.2 Å². The maximum atomic E-state index is 5.93. The van der Waals surface area contributed by atoms with E-state index in [4.69, 9.17) is 23.1 Å². The highest BCUT2D eigenvalue weighted by Crippen LogP contribution is 2.26. The number of anilines is 2. The fourth-order valence-electron chi connectivity index (χ4n) is 1.08. The van der Waals surface area contributed by atoms with Crippen LogP contribution in [0.2, 0.25) is 5.02 Å². The van der Waals surface area contributed by atoms with Gasteiger partial charge in [-0.05, 0) is 12.1 Å². The van der Waals surface area contributed by atoms with Crippen LogP contribution in [0.3, 0.4) is 0 Å². The van der Waals surface area contributed by atoms with Crippen LogP contribution in [0, 0.1) is 0 Å². The molecule has 0 saturated heterocycles. The van der Waals surface area contributed by atoms with Gasteiger partial charge in [0.25, 0.3) is 0 Å². The molecule has 2 aromatic rings. The van der Waals surface area contributed by atoms with Gasteiger partial charge in [0.05, 0.1) is 5.02 Å². The molecule has 4 N–H and O–H groups in total. The zero-order valence-corrected chi connectivity index (χ0v) is 8.31. The fourth-order valence-corrected chi connectivity index (χ4v) is 1.29. The van der Waals surface area contributed by atoms with Gasteiger partial charge in [0.2, 0.25) is 5.95 Å². The highest BCUT2D eigenvalue weighted by atomic mass is 35.5. The van der Waals surface area contributed by atoms with Crippen LogP contribution in [0.5, 0.6) is 0 Å². The summed E-state index contributed by atoms with van der Waals surface area (Å²) < 4.78 is 0. The first-order valence-electron chi connectivity index (χ1n) is 4.05. The van der Waals surface area contributed by atoms with Gasteiger partial charge in [0.1, 0.15) is 5.69 Å². The highest BCUT2D eigenvalue weighted by molar-refractivity contribution is 6.33. The van der Waals surface area contributed by atoms with E-state index in [0.717, 1.165) is 0 Å². The molecule has 15 heavy (non-hydrogen) atoms. The normalized spacial score (nSPS) is 10.2. The van der Waals surface area contributed by atoms with Crippen LogP contribution in [0.15, 0.2) is 18.3 Å². The molecule has 76 valence electrons. The first kappa shape index (κ1) is 9.60. The van der Waals surface area contributed by atoms with Gasteiger partial charge >= 0.3 is 0 Å². The Hall–Kier alpha value is -1.95. The predicted molar refractivity (Wildman–Crippen MR) is 56.9 cm³/mol. The minimum atomic E-state index is 0.0169. The lowest BCUT2D eigenvalue weighted by molar-refractivity contribution is 0.992. The Kier molecular flexibility index (Phi) is 2.34. The van der Waals surface area contributed by atoms with E-state index in [-0.39, 0.29) is 11.8 Å². The first-order valence-corrected chi connectivity index (χ1v) is 4.43. The van der Waals surface area contributed by atoms with E-state index in [2.05, 4.69) is 20.2 Å². The Morgan fingerprint density at radius 3 is 2.60 bits per heavy atom. The van der Waals surface area contributed by atoms with E-state index in [9.17, 15) is 0 Å². The van der Waals surface area contributed by atoms with Gasteiger partial charge in [0, 0.05) is 6.20 Å². The number of hydrogen-bond donors (Lipinski definition) is 2.